The molecule has 3 nitrogen and oxygen atoms in total. The summed E-state index contributed by atoms with van der Waals surface area (Å²) in [7, 11) is 0. The Morgan fingerprint density at radius 3 is 2.37 bits per heavy atom. The van der Waals surface area contributed by atoms with E-state index in [1.54, 1.807) is 24.4 Å². The normalized spacial score (nSPS) is 13.1. The van der Waals surface area contributed by atoms with E-state index in [2.05, 4.69) is 5.32 Å². The standard InChI is InChI=1S/C12H14F4N2O/c1-8(9-2-4-10(13)5-3-9)17-6-11(19)18-7-12(14,15)16/h2-5,8,17H,6-7H2,1H3,(H,18,19). The van der Waals surface area contributed by atoms with Crippen LogP contribution in [0.15, 0.2) is 24.3 Å². The number of rotatable bonds is 5. The Balaban J connectivity index is 2.35. The average Bonchev–Trinajstić information content (AvgIpc) is 2.33. The van der Waals surface area contributed by atoms with Crippen molar-refractivity contribution in [3.63, 3.8) is 0 Å². The fraction of sp³-hybridized carbons (Fsp3) is 0.417. The number of benzene rings is 1. The third kappa shape index (κ3) is 6.19. The molecule has 0 fully saturated rings. The Morgan fingerprint density at radius 2 is 1.84 bits per heavy atom. The molecule has 2 N–H and O–H groups in total. The summed E-state index contributed by atoms with van der Waals surface area (Å²) < 4.78 is 48.2. The maximum Gasteiger partial charge on any atom is 0.405 e. The molecule has 0 heterocycles. The van der Waals surface area contributed by atoms with Crippen molar-refractivity contribution < 1.29 is 22.4 Å². The molecule has 0 aliphatic carbocycles. The molecule has 0 aliphatic rings. The molecular weight excluding hydrogens is 264 g/mol. The molecular formula is C12H14F4N2O. The number of carbonyl (C=O) groups is 1. The van der Waals surface area contributed by atoms with Crippen molar-refractivity contribution in [2.24, 2.45) is 0 Å². The minimum absolute atomic E-state index is 0.241. The highest BCUT2D eigenvalue weighted by Gasteiger charge is 2.27. The van der Waals surface area contributed by atoms with Gasteiger partial charge in [0.25, 0.3) is 0 Å². The Bertz CT molecular complexity index is 417. The molecule has 1 atom stereocenters. The van der Waals surface area contributed by atoms with E-state index in [1.165, 1.54) is 12.1 Å². The number of amides is 1. The topological polar surface area (TPSA) is 41.1 Å². The quantitative estimate of drug-likeness (QED) is 0.810. The second-order valence-electron chi connectivity index (χ2n) is 4.05. The van der Waals surface area contributed by atoms with Gasteiger partial charge in [0.1, 0.15) is 12.4 Å². The lowest BCUT2D eigenvalue weighted by atomic mass is 10.1. The Kier molecular flexibility index (Phi) is 5.29. The van der Waals surface area contributed by atoms with Crippen LogP contribution in [0.1, 0.15) is 18.5 Å². The summed E-state index contributed by atoms with van der Waals surface area (Å²) in [4.78, 5) is 11.1. The van der Waals surface area contributed by atoms with Gasteiger partial charge in [0, 0.05) is 6.04 Å². The lowest BCUT2D eigenvalue weighted by Gasteiger charge is -2.14. The fourth-order valence-electron chi connectivity index (χ4n) is 1.38. The van der Waals surface area contributed by atoms with Crippen LogP contribution in [0.2, 0.25) is 0 Å². The van der Waals surface area contributed by atoms with Crippen LogP contribution in [0.3, 0.4) is 0 Å². The summed E-state index contributed by atoms with van der Waals surface area (Å²) in [5.41, 5.74) is 0.741. The molecule has 0 bridgehead atoms. The zero-order chi connectivity index (χ0) is 14.5. The largest absolute Gasteiger partial charge is 0.405 e. The highest BCUT2D eigenvalue weighted by Crippen LogP contribution is 2.13. The van der Waals surface area contributed by atoms with Crippen LogP contribution >= 0.6 is 0 Å². The monoisotopic (exact) mass is 278 g/mol. The van der Waals surface area contributed by atoms with Gasteiger partial charge in [-0.2, -0.15) is 13.2 Å². The molecule has 0 spiro atoms. The minimum Gasteiger partial charge on any atom is -0.346 e. The molecule has 0 radical (unpaired) electrons. The summed E-state index contributed by atoms with van der Waals surface area (Å²) >= 11 is 0. The van der Waals surface area contributed by atoms with Gasteiger partial charge in [0.05, 0.1) is 6.54 Å². The maximum absolute atomic E-state index is 12.7. The van der Waals surface area contributed by atoms with E-state index in [0.29, 0.717) is 0 Å². The van der Waals surface area contributed by atoms with Gasteiger partial charge in [-0.25, -0.2) is 4.39 Å². The van der Waals surface area contributed by atoms with Crippen molar-refractivity contribution in [3.8, 4) is 0 Å². The molecule has 19 heavy (non-hydrogen) atoms. The van der Waals surface area contributed by atoms with Gasteiger partial charge < -0.3 is 10.6 Å². The first-order valence-electron chi connectivity index (χ1n) is 5.60. The maximum atomic E-state index is 12.7. The molecule has 1 rings (SSSR count). The first-order valence-corrected chi connectivity index (χ1v) is 5.60. The van der Waals surface area contributed by atoms with Crippen molar-refractivity contribution in [3.05, 3.63) is 35.6 Å². The predicted octanol–water partition coefficient (Wildman–Crippen LogP) is 2.15. The second-order valence-corrected chi connectivity index (χ2v) is 4.05. The molecule has 1 aromatic carbocycles. The van der Waals surface area contributed by atoms with Crippen molar-refractivity contribution in [2.45, 2.75) is 19.1 Å². The Labute approximate surface area is 108 Å². The van der Waals surface area contributed by atoms with E-state index in [0.717, 1.165) is 5.56 Å². The van der Waals surface area contributed by atoms with Gasteiger partial charge in [0.2, 0.25) is 5.91 Å². The molecule has 106 valence electrons. The van der Waals surface area contributed by atoms with Crippen molar-refractivity contribution in [1.82, 2.24) is 10.6 Å². The zero-order valence-electron chi connectivity index (χ0n) is 10.2. The SMILES string of the molecule is CC(NCC(=O)NCC(F)(F)F)c1ccc(F)cc1. The smallest absolute Gasteiger partial charge is 0.346 e. The van der Waals surface area contributed by atoms with Gasteiger partial charge in [-0.05, 0) is 24.6 Å². The molecule has 1 aromatic rings. The Hall–Kier alpha value is -1.63. The van der Waals surface area contributed by atoms with E-state index in [1.807, 2.05) is 0 Å². The van der Waals surface area contributed by atoms with Crippen LogP contribution in [0.25, 0.3) is 0 Å². The number of halogens is 4. The molecule has 0 saturated carbocycles. The molecule has 1 unspecified atom stereocenters. The van der Waals surface area contributed by atoms with E-state index in [9.17, 15) is 22.4 Å². The van der Waals surface area contributed by atoms with E-state index >= 15 is 0 Å². The third-order valence-electron chi connectivity index (χ3n) is 2.42. The van der Waals surface area contributed by atoms with Crippen LogP contribution < -0.4 is 10.6 Å². The van der Waals surface area contributed by atoms with Crippen molar-refractivity contribution >= 4 is 5.91 Å². The molecule has 0 saturated heterocycles. The second kappa shape index (κ2) is 6.51. The van der Waals surface area contributed by atoms with Gasteiger partial charge in [-0.3, -0.25) is 4.79 Å². The summed E-state index contributed by atoms with van der Waals surface area (Å²) in [6, 6.07) is 5.37. The van der Waals surface area contributed by atoms with Crippen LogP contribution in [0, 0.1) is 5.82 Å². The van der Waals surface area contributed by atoms with E-state index < -0.39 is 18.6 Å². The van der Waals surface area contributed by atoms with E-state index in [-0.39, 0.29) is 18.4 Å². The summed E-state index contributed by atoms with van der Waals surface area (Å²) in [5.74, 6) is -1.12. The first-order chi connectivity index (χ1) is 8.78. The van der Waals surface area contributed by atoms with E-state index in [4.69, 9.17) is 0 Å². The number of nitrogens with one attached hydrogen (secondary N) is 2. The number of alkyl halides is 3. The molecule has 7 heteroatoms. The Morgan fingerprint density at radius 1 is 1.26 bits per heavy atom. The number of hydrogen-bond acceptors (Lipinski definition) is 2. The molecule has 0 aliphatic heterocycles. The summed E-state index contributed by atoms with van der Waals surface area (Å²) in [5, 5.41) is 4.50. The first kappa shape index (κ1) is 15.4. The van der Waals surface area contributed by atoms with Gasteiger partial charge >= 0.3 is 6.18 Å². The molecule has 0 aromatic heterocycles. The lowest BCUT2D eigenvalue weighted by Crippen LogP contribution is -2.39. The zero-order valence-corrected chi connectivity index (χ0v) is 10.2. The van der Waals surface area contributed by atoms with Gasteiger partial charge in [-0.15, -0.1) is 0 Å². The summed E-state index contributed by atoms with van der Waals surface area (Å²) in [6.45, 7) is 0.136. The highest BCUT2D eigenvalue weighted by atomic mass is 19.4. The lowest BCUT2D eigenvalue weighted by molar-refractivity contribution is -0.137. The van der Waals surface area contributed by atoms with Crippen LogP contribution in [0.5, 0.6) is 0 Å². The van der Waals surface area contributed by atoms with Gasteiger partial charge in [0.15, 0.2) is 0 Å². The highest BCUT2D eigenvalue weighted by molar-refractivity contribution is 5.78. The van der Waals surface area contributed by atoms with Crippen LogP contribution in [0.4, 0.5) is 17.6 Å². The fourth-order valence-corrected chi connectivity index (χ4v) is 1.38. The van der Waals surface area contributed by atoms with Crippen LogP contribution in [-0.2, 0) is 4.79 Å². The van der Waals surface area contributed by atoms with Crippen molar-refractivity contribution in [2.75, 3.05) is 13.1 Å². The van der Waals surface area contributed by atoms with Crippen molar-refractivity contribution in [1.29, 1.82) is 0 Å². The number of hydrogen-bond donors (Lipinski definition) is 2. The third-order valence-corrected chi connectivity index (χ3v) is 2.42. The van der Waals surface area contributed by atoms with Crippen LogP contribution in [-0.4, -0.2) is 25.2 Å². The predicted molar refractivity (Wildman–Crippen MR) is 61.9 cm³/mol. The summed E-state index contributed by atoms with van der Waals surface area (Å²) in [6.07, 6.45) is -4.42. The molecule has 1 amide bonds. The number of carbonyl (C=O) groups excluding carboxylic acids is 1. The minimum atomic E-state index is -4.42. The van der Waals surface area contributed by atoms with Gasteiger partial charge in [-0.1, -0.05) is 12.1 Å². The average molecular weight is 278 g/mol.